The maximum atomic E-state index is 12.7. The van der Waals surface area contributed by atoms with Gasteiger partial charge in [0.15, 0.2) is 9.84 Å². The van der Waals surface area contributed by atoms with Crippen LogP contribution < -0.4 is 0 Å². The van der Waals surface area contributed by atoms with Crippen LogP contribution in [-0.4, -0.2) is 37.8 Å². The number of amides is 1. The van der Waals surface area contributed by atoms with Crippen molar-refractivity contribution >= 4 is 15.9 Å². The Kier molecular flexibility index (Phi) is 5.93. The highest BCUT2D eigenvalue weighted by atomic mass is 32.2. The van der Waals surface area contributed by atoms with Gasteiger partial charge in [-0.3, -0.25) is 0 Å². The Balaban J connectivity index is 1.66. The molecule has 0 unspecified atom stereocenters. The van der Waals surface area contributed by atoms with Gasteiger partial charge in [-0.05, 0) is 37.0 Å². The van der Waals surface area contributed by atoms with Crippen molar-refractivity contribution in [3.8, 4) is 0 Å². The molecule has 1 aliphatic rings. The predicted octanol–water partition coefficient (Wildman–Crippen LogP) is 3.65. The molecule has 0 aliphatic carbocycles. The SMILES string of the molecule is O=C(OCc1ccccc1)N1CCCC[C@H]1CS(=O)(=O)c1ccccc1. The number of carbonyl (C=O) groups is 1. The molecule has 2 aromatic rings. The van der Waals surface area contributed by atoms with E-state index < -0.39 is 15.9 Å². The van der Waals surface area contributed by atoms with Crippen LogP contribution in [0.5, 0.6) is 0 Å². The van der Waals surface area contributed by atoms with Crippen LogP contribution in [0, 0.1) is 0 Å². The average molecular weight is 373 g/mol. The van der Waals surface area contributed by atoms with E-state index in [2.05, 4.69) is 0 Å². The summed E-state index contributed by atoms with van der Waals surface area (Å²) in [5, 5.41) is 0. The summed E-state index contributed by atoms with van der Waals surface area (Å²) < 4.78 is 30.7. The van der Waals surface area contributed by atoms with Crippen LogP contribution in [0.1, 0.15) is 24.8 Å². The number of carbonyl (C=O) groups excluding carboxylic acids is 1. The second-order valence-corrected chi connectivity index (χ2v) is 8.51. The van der Waals surface area contributed by atoms with Gasteiger partial charge in [-0.25, -0.2) is 13.2 Å². The molecule has 0 spiro atoms. The third-order valence-electron chi connectivity index (χ3n) is 4.58. The van der Waals surface area contributed by atoms with Gasteiger partial charge in [0.1, 0.15) is 6.61 Å². The summed E-state index contributed by atoms with van der Waals surface area (Å²) >= 11 is 0. The van der Waals surface area contributed by atoms with E-state index in [1.165, 1.54) is 0 Å². The van der Waals surface area contributed by atoms with Crippen molar-refractivity contribution in [3.05, 3.63) is 66.2 Å². The van der Waals surface area contributed by atoms with Crippen LogP contribution in [0.15, 0.2) is 65.6 Å². The van der Waals surface area contributed by atoms with Gasteiger partial charge >= 0.3 is 6.09 Å². The summed E-state index contributed by atoms with van der Waals surface area (Å²) in [6.45, 7) is 0.719. The fraction of sp³-hybridized carbons (Fsp3) is 0.350. The first-order valence-electron chi connectivity index (χ1n) is 8.81. The number of hydrogen-bond acceptors (Lipinski definition) is 4. The summed E-state index contributed by atoms with van der Waals surface area (Å²) in [6, 6.07) is 17.5. The summed E-state index contributed by atoms with van der Waals surface area (Å²) in [4.78, 5) is 14.4. The van der Waals surface area contributed by atoms with Crippen LogP contribution in [0.2, 0.25) is 0 Å². The molecular formula is C20H23NO4S. The first-order chi connectivity index (χ1) is 12.6. The largest absolute Gasteiger partial charge is 0.445 e. The maximum absolute atomic E-state index is 12.7. The highest BCUT2D eigenvalue weighted by Crippen LogP contribution is 2.22. The van der Waals surface area contributed by atoms with Crippen LogP contribution >= 0.6 is 0 Å². The van der Waals surface area contributed by atoms with Crippen LogP contribution in [0.3, 0.4) is 0 Å². The fourth-order valence-electron chi connectivity index (χ4n) is 3.19. The molecule has 138 valence electrons. The smallest absolute Gasteiger partial charge is 0.410 e. The Bertz CT molecular complexity index is 821. The second-order valence-electron chi connectivity index (χ2n) is 6.48. The number of ether oxygens (including phenoxy) is 1. The Morgan fingerprint density at radius 3 is 2.35 bits per heavy atom. The highest BCUT2D eigenvalue weighted by molar-refractivity contribution is 7.91. The highest BCUT2D eigenvalue weighted by Gasteiger charge is 2.32. The maximum Gasteiger partial charge on any atom is 0.410 e. The molecule has 1 saturated heterocycles. The zero-order valence-corrected chi connectivity index (χ0v) is 15.4. The lowest BCUT2D eigenvalue weighted by atomic mass is 10.0. The van der Waals surface area contributed by atoms with Crippen molar-refractivity contribution < 1.29 is 17.9 Å². The lowest BCUT2D eigenvalue weighted by molar-refractivity contribution is 0.0728. The molecule has 2 aromatic carbocycles. The summed E-state index contributed by atoms with van der Waals surface area (Å²) in [5.41, 5.74) is 0.909. The van der Waals surface area contributed by atoms with E-state index in [9.17, 15) is 13.2 Å². The average Bonchev–Trinajstić information content (AvgIpc) is 2.68. The molecule has 1 aliphatic heterocycles. The van der Waals surface area contributed by atoms with Crippen molar-refractivity contribution in [3.63, 3.8) is 0 Å². The summed E-state index contributed by atoms with van der Waals surface area (Å²) in [5.74, 6) is -0.0720. The van der Waals surface area contributed by atoms with E-state index in [4.69, 9.17) is 4.74 Å². The van der Waals surface area contributed by atoms with Gasteiger partial charge in [0.25, 0.3) is 0 Å². The molecule has 1 fully saturated rings. The van der Waals surface area contributed by atoms with Gasteiger partial charge in [0.05, 0.1) is 10.6 Å². The number of rotatable bonds is 5. The normalized spacial score (nSPS) is 17.7. The molecule has 6 heteroatoms. The molecule has 0 saturated carbocycles. The summed E-state index contributed by atoms with van der Waals surface area (Å²) in [7, 11) is -3.44. The van der Waals surface area contributed by atoms with Crippen LogP contribution in [-0.2, 0) is 21.2 Å². The fourth-order valence-corrected chi connectivity index (χ4v) is 4.81. The topological polar surface area (TPSA) is 63.7 Å². The van der Waals surface area contributed by atoms with E-state index >= 15 is 0 Å². The minimum Gasteiger partial charge on any atom is -0.445 e. The predicted molar refractivity (Wildman–Crippen MR) is 99.5 cm³/mol. The molecule has 3 rings (SSSR count). The molecule has 5 nitrogen and oxygen atoms in total. The third kappa shape index (κ3) is 4.64. The molecule has 26 heavy (non-hydrogen) atoms. The molecule has 0 N–H and O–H groups in total. The number of sulfone groups is 1. The van der Waals surface area contributed by atoms with Crippen molar-refractivity contribution in [2.45, 2.75) is 36.8 Å². The lowest BCUT2D eigenvalue weighted by Crippen LogP contribution is -2.47. The Morgan fingerprint density at radius 1 is 1.00 bits per heavy atom. The van der Waals surface area contributed by atoms with Gasteiger partial charge in [0.2, 0.25) is 0 Å². The Labute approximate surface area is 154 Å². The van der Waals surface area contributed by atoms with Crippen molar-refractivity contribution in [2.75, 3.05) is 12.3 Å². The monoisotopic (exact) mass is 373 g/mol. The first-order valence-corrected chi connectivity index (χ1v) is 10.5. The summed E-state index contributed by atoms with van der Waals surface area (Å²) in [6.07, 6.45) is 2.01. The van der Waals surface area contributed by atoms with Crippen LogP contribution in [0.4, 0.5) is 4.79 Å². The minimum absolute atomic E-state index is 0.0720. The van der Waals surface area contributed by atoms with Crippen molar-refractivity contribution in [1.29, 1.82) is 0 Å². The first kappa shape index (κ1) is 18.5. The number of hydrogen-bond donors (Lipinski definition) is 0. The van der Waals surface area contributed by atoms with Crippen molar-refractivity contribution in [1.82, 2.24) is 4.90 Å². The van der Waals surface area contributed by atoms with Gasteiger partial charge in [-0.1, -0.05) is 48.5 Å². The van der Waals surface area contributed by atoms with E-state index in [-0.39, 0.29) is 18.4 Å². The number of benzene rings is 2. The zero-order valence-electron chi connectivity index (χ0n) is 14.6. The number of piperidine rings is 1. The van der Waals surface area contributed by atoms with Gasteiger partial charge in [0, 0.05) is 12.6 Å². The Morgan fingerprint density at radius 2 is 1.65 bits per heavy atom. The number of nitrogens with zero attached hydrogens (tertiary/aromatic N) is 1. The molecule has 1 heterocycles. The molecule has 1 amide bonds. The van der Waals surface area contributed by atoms with E-state index in [1.807, 2.05) is 30.3 Å². The third-order valence-corrected chi connectivity index (χ3v) is 6.39. The van der Waals surface area contributed by atoms with Gasteiger partial charge < -0.3 is 9.64 Å². The second kappa shape index (κ2) is 8.36. The zero-order chi connectivity index (χ0) is 18.4. The van der Waals surface area contributed by atoms with Crippen LogP contribution in [0.25, 0.3) is 0 Å². The number of likely N-dealkylation sites (tertiary alicyclic amines) is 1. The Hall–Kier alpha value is -2.34. The quantitative estimate of drug-likeness (QED) is 0.802. The molecule has 0 aromatic heterocycles. The van der Waals surface area contributed by atoms with Gasteiger partial charge in [-0.15, -0.1) is 0 Å². The van der Waals surface area contributed by atoms with E-state index in [1.54, 1.807) is 35.2 Å². The minimum atomic E-state index is -3.44. The molecular weight excluding hydrogens is 350 g/mol. The van der Waals surface area contributed by atoms with E-state index in [0.29, 0.717) is 17.9 Å². The molecule has 0 bridgehead atoms. The van der Waals surface area contributed by atoms with Crippen molar-refractivity contribution in [2.24, 2.45) is 0 Å². The standard InChI is InChI=1S/C20H23NO4S/c22-20(25-15-17-9-3-1-4-10-17)21-14-8-7-11-18(21)16-26(23,24)19-12-5-2-6-13-19/h1-6,9-10,12-13,18H,7-8,11,14-16H2/t18-/m0/s1. The lowest BCUT2D eigenvalue weighted by Gasteiger charge is -2.34. The molecule has 0 radical (unpaired) electrons. The molecule has 1 atom stereocenters. The van der Waals surface area contributed by atoms with Gasteiger partial charge in [-0.2, -0.15) is 0 Å². The van der Waals surface area contributed by atoms with E-state index in [0.717, 1.165) is 18.4 Å².